The molecule has 1 N–H and O–H groups in total. The third-order valence-corrected chi connectivity index (χ3v) is 1.33. The minimum atomic E-state index is -2.16. The zero-order valence-electron chi connectivity index (χ0n) is 5.59. The fourth-order valence-electron chi connectivity index (χ4n) is 0.504. The highest BCUT2D eigenvalue weighted by Gasteiger charge is 1.92. The molecule has 0 bridgehead atoms. The van der Waals surface area contributed by atoms with Gasteiger partial charge in [0.25, 0.3) is 0 Å². The van der Waals surface area contributed by atoms with E-state index >= 15 is 0 Å². The van der Waals surface area contributed by atoms with Crippen molar-refractivity contribution in [2.75, 3.05) is 13.3 Å². The summed E-state index contributed by atoms with van der Waals surface area (Å²) in [5.41, 5.74) is 0. The monoisotopic (exact) mass is 170 g/mol. The van der Waals surface area contributed by atoms with Gasteiger partial charge in [0.2, 0.25) is 0 Å². The van der Waals surface area contributed by atoms with E-state index in [-0.39, 0.29) is 13.3 Å². The lowest BCUT2D eigenvalue weighted by Crippen LogP contribution is -1.97. The van der Waals surface area contributed by atoms with Crippen LogP contribution in [0.2, 0.25) is 0 Å². The lowest BCUT2D eigenvalue weighted by Gasteiger charge is -1.95. The molecular formula is C5H11FO3S. The molecule has 0 amide bonds. The molecular weight excluding hydrogens is 159 g/mol. The van der Waals surface area contributed by atoms with Gasteiger partial charge in [-0.25, -0.2) is 0 Å². The average molecular weight is 170 g/mol. The van der Waals surface area contributed by atoms with Crippen molar-refractivity contribution in [3.8, 4) is 0 Å². The van der Waals surface area contributed by atoms with Gasteiger partial charge in [-0.15, -0.1) is 0 Å². The molecule has 5 heteroatoms. The van der Waals surface area contributed by atoms with E-state index in [2.05, 4.69) is 4.18 Å². The minimum absolute atomic E-state index is 0.225. The summed E-state index contributed by atoms with van der Waals surface area (Å²) in [4.78, 5) is 0. The maximum absolute atomic E-state index is 11.4. The first kappa shape index (κ1) is 10.0. The summed E-state index contributed by atoms with van der Waals surface area (Å²) >= 11 is -2.16. The smallest absolute Gasteiger partial charge is 0.284 e. The Bertz CT molecular complexity index is 98.9. The molecule has 1 unspecified atom stereocenters. The lowest BCUT2D eigenvalue weighted by molar-refractivity contribution is 0.294. The van der Waals surface area contributed by atoms with Crippen molar-refractivity contribution in [1.82, 2.24) is 0 Å². The van der Waals surface area contributed by atoms with E-state index in [9.17, 15) is 8.60 Å². The zero-order valence-corrected chi connectivity index (χ0v) is 6.40. The number of hydrogen-bond donors (Lipinski definition) is 1. The van der Waals surface area contributed by atoms with Crippen LogP contribution in [0.15, 0.2) is 0 Å². The van der Waals surface area contributed by atoms with Crippen LogP contribution < -0.4 is 0 Å². The summed E-state index contributed by atoms with van der Waals surface area (Å²) < 4.78 is 33.7. The molecule has 1 atom stereocenters. The molecule has 3 nitrogen and oxygen atoms in total. The van der Waals surface area contributed by atoms with Crippen LogP contribution >= 0.6 is 0 Å². The molecule has 0 heterocycles. The van der Waals surface area contributed by atoms with Gasteiger partial charge in [0.15, 0.2) is 0 Å². The molecule has 0 aromatic carbocycles. The number of hydrogen-bond acceptors (Lipinski definition) is 2. The summed E-state index contributed by atoms with van der Waals surface area (Å²) in [5, 5.41) is 0. The Morgan fingerprint density at radius 2 is 2.10 bits per heavy atom. The van der Waals surface area contributed by atoms with Gasteiger partial charge in [0.1, 0.15) is 0 Å². The normalized spacial score (nSPS) is 13.4. The van der Waals surface area contributed by atoms with E-state index in [4.69, 9.17) is 4.55 Å². The van der Waals surface area contributed by atoms with Crippen molar-refractivity contribution in [3.63, 3.8) is 0 Å². The molecule has 0 aliphatic rings. The van der Waals surface area contributed by atoms with E-state index in [1.165, 1.54) is 0 Å². The van der Waals surface area contributed by atoms with Crippen molar-refractivity contribution < 1.29 is 17.3 Å². The van der Waals surface area contributed by atoms with Crippen LogP contribution in [0.4, 0.5) is 4.39 Å². The average Bonchev–Trinajstić information content (AvgIpc) is 1.87. The second-order valence-corrected chi connectivity index (χ2v) is 2.46. The highest BCUT2D eigenvalue weighted by atomic mass is 32.2. The molecule has 0 aliphatic carbocycles. The second kappa shape index (κ2) is 7.11. The molecule has 0 saturated heterocycles. The van der Waals surface area contributed by atoms with E-state index in [1.807, 2.05) is 0 Å². The molecule has 0 saturated carbocycles. The van der Waals surface area contributed by atoms with E-state index < -0.39 is 11.4 Å². The zero-order chi connectivity index (χ0) is 7.82. The Kier molecular flexibility index (Phi) is 7.11. The molecule has 10 heavy (non-hydrogen) atoms. The van der Waals surface area contributed by atoms with Crippen LogP contribution in [0.1, 0.15) is 19.3 Å². The highest BCUT2D eigenvalue weighted by Crippen LogP contribution is 1.96. The molecule has 0 rings (SSSR count). The first-order valence-corrected chi connectivity index (χ1v) is 4.10. The number of alkyl halides is 1. The molecule has 62 valence electrons. The first-order valence-electron chi connectivity index (χ1n) is 3.07. The summed E-state index contributed by atoms with van der Waals surface area (Å²) in [6, 6.07) is 0. The van der Waals surface area contributed by atoms with Crippen molar-refractivity contribution in [2.24, 2.45) is 0 Å². The van der Waals surface area contributed by atoms with Crippen LogP contribution in [0.3, 0.4) is 0 Å². The maximum atomic E-state index is 11.4. The van der Waals surface area contributed by atoms with Crippen LogP contribution in [0, 0.1) is 0 Å². The minimum Gasteiger partial charge on any atom is -0.284 e. The number of unbranched alkanes of at least 4 members (excludes halogenated alkanes) is 2. The van der Waals surface area contributed by atoms with Gasteiger partial charge in [-0.1, -0.05) is 0 Å². The summed E-state index contributed by atoms with van der Waals surface area (Å²) in [7, 11) is 0. The second-order valence-electron chi connectivity index (χ2n) is 1.79. The van der Waals surface area contributed by atoms with Gasteiger partial charge < -0.3 is 0 Å². The quantitative estimate of drug-likeness (QED) is 0.482. The molecule has 0 aliphatic heterocycles. The fraction of sp³-hybridized carbons (Fsp3) is 1.00. The topological polar surface area (TPSA) is 46.5 Å². The maximum Gasteiger partial charge on any atom is 0.301 e. The fourth-order valence-corrected chi connectivity index (χ4v) is 0.764. The number of rotatable bonds is 6. The van der Waals surface area contributed by atoms with Gasteiger partial charge in [-0.05, 0) is 19.3 Å². The highest BCUT2D eigenvalue weighted by molar-refractivity contribution is 7.74. The Morgan fingerprint density at radius 1 is 1.40 bits per heavy atom. The molecule has 0 aromatic rings. The van der Waals surface area contributed by atoms with Gasteiger partial charge in [-0.3, -0.25) is 13.1 Å². The van der Waals surface area contributed by atoms with Crippen molar-refractivity contribution in [1.29, 1.82) is 0 Å². The Morgan fingerprint density at radius 3 is 2.60 bits per heavy atom. The first-order chi connectivity index (χ1) is 4.77. The van der Waals surface area contributed by atoms with Crippen LogP contribution in [0.5, 0.6) is 0 Å². The third-order valence-electron chi connectivity index (χ3n) is 0.962. The van der Waals surface area contributed by atoms with Crippen LogP contribution in [-0.4, -0.2) is 22.0 Å². The van der Waals surface area contributed by atoms with Crippen molar-refractivity contribution in [3.05, 3.63) is 0 Å². The summed E-state index contributed by atoms with van der Waals surface area (Å²) in [6.07, 6.45) is 1.84. The lowest BCUT2D eigenvalue weighted by atomic mass is 10.3. The predicted molar refractivity (Wildman–Crippen MR) is 36.5 cm³/mol. The number of halogens is 1. The van der Waals surface area contributed by atoms with E-state index in [0.29, 0.717) is 19.3 Å². The molecule has 0 fully saturated rings. The molecule has 0 aromatic heterocycles. The third kappa shape index (κ3) is 8.00. The standard InChI is InChI=1S/C5H11FO3S/c6-4-2-1-3-5-9-10(7)8/h1-5H2,(H,7,8). The Hall–Kier alpha value is -0.0000000000000000555. The van der Waals surface area contributed by atoms with Gasteiger partial charge in [0, 0.05) is 0 Å². The SMILES string of the molecule is O=S(O)OCCCCCF. The van der Waals surface area contributed by atoms with Gasteiger partial charge in [0.05, 0.1) is 13.3 Å². The largest absolute Gasteiger partial charge is 0.301 e. The summed E-state index contributed by atoms with van der Waals surface area (Å²) in [5.74, 6) is 0. The van der Waals surface area contributed by atoms with Gasteiger partial charge in [-0.2, -0.15) is 4.21 Å². The van der Waals surface area contributed by atoms with Crippen LogP contribution in [-0.2, 0) is 15.5 Å². The summed E-state index contributed by atoms with van der Waals surface area (Å²) in [6.45, 7) is -0.106. The van der Waals surface area contributed by atoms with Crippen LogP contribution in [0.25, 0.3) is 0 Å². The predicted octanol–water partition coefficient (Wildman–Crippen LogP) is 1.28. The Balaban J connectivity index is 2.84. The Labute approximate surface area is 62.1 Å². The molecule has 0 spiro atoms. The van der Waals surface area contributed by atoms with E-state index in [0.717, 1.165) is 0 Å². The van der Waals surface area contributed by atoms with E-state index in [1.54, 1.807) is 0 Å². The van der Waals surface area contributed by atoms with Gasteiger partial charge >= 0.3 is 11.4 Å². The van der Waals surface area contributed by atoms with Crippen molar-refractivity contribution >= 4 is 11.4 Å². The molecule has 0 radical (unpaired) electrons. The van der Waals surface area contributed by atoms with Crippen molar-refractivity contribution in [2.45, 2.75) is 19.3 Å².